The van der Waals surface area contributed by atoms with Crippen LogP contribution in [0, 0.1) is 0 Å². The standard InChI is InChI=1S/C19H16BrClN4O3/c1-2-11-9-12(20)3-8-16(11)25-18(27)15(17(26)23-19(25)28)10-22-24-14-6-4-13(21)5-7-14/h3-10,24,27H,2H2,1H3,(H,23,26,28). The van der Waals surface area contributed by atoms with Crippen molar-refractivity contribution in [1.82, 2.24) is 9.55 Å². The lowest BCUT2D eigenvalue weighted by atomic mass is 10.1. The zero-order valence-electron chi connectivity index (χ0n) is 14.7. The lowest BCUT2D eigenvalue weighted by molar-refractivity contribution is 0.429. The number of nitrogens with zero attached hydrogens (tertiary/aromatic N) is 2. The molecule has 9 heteroatoms. The van der Waals surface area contributed by atoms with Crippen LogP contribution in [0.4, 0.5) is 5.69 Å². The van der Waals surface area contributed by atoms with Crippen molar-refractivity contribution in [2.45, 2.75) is 13.3 Å². The highest BCUT2D eigenvalue weighted by atomic mass is 79.9. The highest BCUT2D eigenvalue weighted by molar-refractivity contribution is 9.10. The van der Waals surface area contributed by atoms with Gasteiger partial charge in [-0.15, -0.1) is 0 Å². The van der Waals surface area contributed by atoms with Gasteiger partial charge in [-0.05, 0) is 54.4 Å². The number of hydrazone groups is 1. The van der Waals surface area contributed by atoms with E-state index < -0.39 is 17.1 Å². The van der Waals surface area contributed by atoms with Crippen LogP contribution >= 0.6 is 27.5 Å². The molecule has 0 saturated heterocycles. The van der Waals surface area contributed by atoms with Crippen molar-refractivity contribution in [2.75, 3.05) is 5.43 Å². The lowest BCUT2D eigenvalue weighted by Gasteiger charge is -2.13. The third kappa shape index (κ3) is 4.18. The predicted octanol–water partition coefficient (Wildman–Crippen LogP) is 3.66. The summed E-state index contributed by atoms with van der Waals surface area (Å²) in [5, 5.41) is 15.2. The Morgan fingerprint density at radius 3 is 2.64 bits per heavy atom. The number of hydrogen-bond donors (Lipinski definition) is 3. The minimum Gasteiger partial charge on any atom is -0.493 e. The van der Waals surface area contributed by atoms with E-state index in [1.165, 1.54) is 0 Å². The van der Waals surface area contributed by atoms with E-state index in [2.05, 4.69) is 31.4 Å². The van der Waals surface area contributed by atoms with E-state index in [0.29, 0.717) is 22.8 Å². The van der Waals surface area contributed by atoms with E-state index in [1.807, 2.05) is 13.0 Å². The molecular formula is C19H16BrClN4O3. The molecule has 0 atom stereocenters. The summed E-state index contributed by atoms with van der Waals surface area (Å²) >= 11 is 9.22. The Morgan fingerprint density at radius 2 is 1.96 bits per heavy atom. The Kier molecular flexibility index (Phi) is 6.01. The van der Waals surface area contributed by atoms with E-state index in [9.17, 15) is 14.7 Å². The van der Waals surface area contributed by atoms with Crippen LogP contribution in [0.3, 0.4) is 0 Å². The van der Waals surface area contributed by atoms with Crippen molar-refractivity contribution in [1.29, 1.82) is 0 Å². The average molecular weight is 464 g/mol. The van der Waals surface area contributed by atoms with Crippen LogP contribution in [-0.2, 0) is 6.42 Å². The molecule has 0 bridgehead atoms. The number of aromatic hydroxyl groups is 1. The van der Waals surface area contributed by atoms with Crippen molar-refractivity contribution in [3.05, 3.63) is 83.9 Å². The zero-order valence-corrected chi connectivity index (χ0v) is 17.1. The van der Waals surface area contributed by atoms with Gasteiger partial charge < -0.3 is 5.11 Å². The normalized spacial score (nSPS) is 11.1. The Morgan fingerprint density at radius 1 is 1.25 bits per heavy atom. The van der Waals surface area contributed by atoms with Gasteiger partial charge in [0.15, 0.2) is 0 Å². The first kappa shape index (κ1) is 19.9. The monoisotopic (exact) mass is 462 g/mol. The molecule has 0 spiro atoms. The molecule has 0 aliphatic rings. The highest BCUT2D eigenvalue weighted by Crippen LogP contribution is 2.23. The molecule has 0 unspecified atom stereocenters. The SMILES string of the molecule is CCc1cc(Br)ccc1-n1c(O)c(C=NNc2ccc(Cl)cc2)c(=O)[nH]c1=O. The van der Waals surface area contributed by atoms with E-state index in [0.717, 1.165) is 20.8 Å². The third-order valence-electron chi connectivity index (χ3n) is 4.02. The van der Waals surface area contributed by atoms with Crippen LogP contribution in [0.1, 0.15) is 18.1 Å². The molecule has 0 aliphatic heterocycles. The highest BCUT2D eigenvalue weighted by Gasteiger charge is 2.16. The number of hydrogen-bond acceptors (Lipinski definition) is 5. The molecule has 0 amide bonds. The first-order chi connectivity index (χ1) is 13.4. The van der Waals surface area contributed by atoms with Crippen LogP contribution in [0.5, 0.6) is 5.88 Å². The first-order valence-electron chi connectivity index (χ1n) is 8.32. The molecule has 7 nitrogen and oxygen atoms in total. The minimum absolute atomic E-state index is 0.147. The number of aryl methyl sites for hydroxylation is 1. The van der Waals surface area contributed by atoms with Gasteiger partial charge in [-0.25, -0.2) is 9.36 Å². The van der Waals surface area contributed by atoms with Gasteiger partial charge in [-0.1, -0.05) is 34.5 Å². The molecule has 3 aromatic rings. The summed E-state index contributed by atoms with van der Waals surface area (Å²) in [6.07, 6.45) is 1.78. The third-order valence-corrected chi connectivity index (χ3v) is 4.76. The van der Waals surface area contributed by atoms with Crippen molar-refractivity contribution in [3.63, 3.8) is 0 Å². The molecule has 0 aliphatic carbocycles. The summed E-state index contributed by atoms with van der Waals surface area (Å²) in [7, 11) is 0. The van der Waals surface area contributed by atoms with Gasteiger partial charge in [0.1, 0.15) is 5.56 Å². The molecule has 2 aromatic carbocycles. The second-order valence-electron chi connectivity index (χ2n) is 5.84. The molecule has 3 rings (SSSR count). The second-order valence-corrected chi connectivity index (χ2v) is 7.19. The second kappa shape index (κ2) is 8.45. The Hall–Kier alpha value is -2.84. The summed E-state index contributed by atoms with van der Waals surface area (Å²) in [4.78, 5) is 26.7. The maximum absolute atomic E-state index is 12.4. The average Bonchev–Trinajstić information content (AvgIpc) is 2.66. The molecular weight excluding hydrogens is 448 g/mol. The van der Waals surface area contributed by atoms with Crippen LogP contribution in [0.2, 0.25) is 5.02 Å². The number of halogens is 2. The van der Waals surface area contributed by atoms with Gasteiger partial charge >= 0.3 is 5.69 Å². The summed E-state index contributed by atoms with van der Waals surface area (Å²) in [6.45, 7) is 1.93. The maximum Gasteiger partial charge on any atom is 0.335 e. The van der Waals surface area contributed by atoms with Crippen molar-refractivity contribution < 1.29 is 5.11 Å². The number of aromatic nitrogens is 2. The van der Waals surface area contributed by atoms with Gasteiger partial charge in [-0.3, -0.25) is 15.2 Å². The van der Waals surface area contributed by atoms with E-state index in [1.54, 1.807) is 36.4 Å². The van der Waals surface area contributed by atoms with Crippen LogP contribution in [0.25, 0.3) is 5.69 Å². The molecule has 0 fully saturated rings. The molecule has 0 saturated carbocycles. The number of benzene rings is 2. The summed E-state index contributed by atoms with van der Waals surface area (Å²) < 4.78 is 1.90. The zero-order chi connectivity index (χ0) is 20.3. The smallest absolute Gasteiger partial charge is 0.335 e. The lowest BCUT2D eigenvalue weighted by Crippen LogP contribution is -2.31. The number of rotatable bonds is 5. The Bertz CT molecular complexity index is 1150. The van der Waals surface area contributed by atoms with Gasteiger partial charge in [0.25, 0.3) is 5.56 Å². The Labute approximate surface area is 173 Å². The van der Waals surface area contributed by atoms with Crippen molar-refractivity contribution >= 4 is 39.4 Å². The van der Waals surface area contributed by atoms with Gasteiger partial charge in [-0.2, -0.15) is 5.10 Å². The largest absolute Gasteiger partial charge is 0.493 e. The van der Waals surface area contributed by atoms with Crippen LogP contribution < -0.4 is 16.7 Å². The van der Waals surface area contributed by atoms with Gasteiger partial charge in [0.05, 0.1) is 17.6 Å². The van der Waals surface area contributed by atoms with E-state index >= 15 is 0 Å². The predicted molar refractivity (Wildman–Crippen MR) is 114 cm³/mol. The summed E-state index contributed by atoms with van der Waals surface area (Å²) in [5.41, 5.74) is 3.05. The van der Waals surface area contributed by atoms with Gasteiger partial charge in [0.2, 0.25) is 5.88 Å². The molecule has 144 valence electrons. The molecule has 0 radical (unpaired) electrons. The summed E-state index contributed by atoms with van der Waals surface area (Å²) in [6, 6.07) is 12.1. The fourth-order valence-corrected chi connectivity index (χ4v) is 3.16. The number of anilines is 1. The first-order valence-corrected chi connectivity index (χ1v) is 9.49. The van der Waals surface area contributed by atoms with E-state index in [4.69, 9.17) is 11.6 Å². The maximum atomic E-state index is 12.4. The minimum atomic E-state index is -0.740. The molecule has 28 heavy (non-hydrogen) atoms. The van der Waals surface area contributed by atoms with Crippen LogP contribution in [0.15, 0.2) is 61.6 Å². The number of H-pyrrole nitrogens is 1. The van der Waals surface area contributed by atoms with Gasteiger partial charge in [0, 0.05) is 9.50 Å². The van der Waals surface area contributed by atoms with Crippen molar-refractivity contribution in [3.8, 4) is 11.6 Å². The number of aromatic amines is 1. The summed E-state index contributed by atoms with van der Waals surface area (Å²) in [5.74, 6) is -0.493. The van der Waals surface area contributed by atoms with Crippen LogP contribution in [-0.4, -0.2) is 20.9 Å². The topological polar surface area (TPSA) is 99.5 Å². The Balaban J connectivity index is 2.03. The van der Waals surface area contributed by atoms with Crippen molar-refractivity contribution in [2.24, 2.45) is 5.10 Å². The fourth-order valence-electron chi connectivity index (χ4n) is 2.63. The molecule has 1 heterocycles. The fraction of sp³-hybridized carbons (Fsp3) is 0.105. The van der Waals surface area contributed by atoms with E-state index in [-0.39, 0.29) is 5.56 Å². The molecule has 1 aromatic heterocycles. The number of nitrogens with one attached hydrogen (secondary N) is 2. The molecule has 3 N–H and O–H groups in total. The quantitative estimate of drug-likeness (QED) is 0.397.